The van der Waals surface area contributed by atoms with Crippen LogP contribution in [0.1, 0.15) is 70.9 Å². The molecule has 210 valence electrons. The molecule has 4 rings (SSSR count). The van der Waals surface area contributed by atoms with E-state index >= 15 is 8.78 Å². The van der Waals surface area contributed by atoms with Gasteiger partial charge in [-0.1, -0.05) is 41.5 Å². The van der Waals surface area contributed by atoms with Crippen molar-refractivity contribution < 1.29 is 41.2 Å². The number of nitrogens with one attached hydrogen (secondary N) is 1. The fourth-order valence-electron chi connectivity index (χ4n) is 4.30. The van der Waals surface area contributed by atoms with Crippen LogP contribution in [0.4, 0.5) is 13.2 Å². The lowest BCUT2D eigenvalue weighted by molar-refractivity contribution is -0.179. The van der Waals surface area contributed by atoms with Crippen LogP contribution < -0.4 is 15.8 Å². The summed E-state index contributed by atoms with van der Waals surface area (Å²) in [6.45, 7) is 9.61. The summed E-state index contributed by atoms with van der Waals surface area (Å²) in [6, 6.07) is 1.64. The molecular weight excluding hydrogens is 532 g/mol. The fourth-order valence-corrected chi connectivity index (χ4v) is 5.55. The Labute approximate surface area is 216 Å². The largest absolute Gasteiger partial charge is 0.530 e. The number of fused-ring (bicyclic) bond motifs is 1. The number of rotatable bonds is 4. The highest BCUT2D eigenvalue weighted by Crippen LogP contribution is 2.58. The Morgan fingerprint density at radius 1 is 1.18 bits per heavy atom. The average Bonchev–Trinajstić information content (AvgIpc) is 3.08. The van der Waals surface area contributed by atoms with Crippen LogP contribution in [0.2, 0.25) is 0 Å². The maximum absolute atomic E-state index is 15.5. The molecular formula is C24H30F3N2O8P. The van der Waals surface area contributed by atoms with Crippen molar-refractivity contribution in [1.29, 1.82) is 0 Å². The van der Waals surface area contributed by atoms with Gasteiger partial charge in [0, 0.05) is 12.0 Å². The molecule has 0 aliphatic carbocycles. The van der Waals surface area contributed by atoms with Crippen molar-refractivity contribution in [3.05, 3.63) is 61.4 Å². The van der Waals surface area contributed by atoms with Crippen molar-refractivity contribution in [2.24, 2.45) is 0 Å². The summed E-state index contributed by atoms with van der Waals surface area (Å²) in [6.07, 6.45) is -3.64. The molecule has 1 fully saturated rings. The number of alkyl halides is 1. The predicted octanol–water partition coefficient (Wildman–Crippen LogP) is 4.09. The standard InChI is InChI=1S/C24H30F3N2O8P/c1-22(2,3)13-7-14(23(4,5)6)18-12(17(13)26)10-34-38(33,37-18)35-11-24(27)8-16(30)20(36-24)29-9-15(25)19(31)28-21(29)32/h7,9,16,20,30H,8,10-11H2,1-6H3,(H,28,31,32)/t16-,20-,24+,38?/m1/s1. The van der Waals surface area contributed by atoms with Crippen LogP contribution in [0.3, 0.4) is 0 Å². The van der Waals surface area contributed by atoms with E-state index in [9.17, 15) is 23.7 Å². The van der Waals surface area contributed by atoms with Crippen LogP contribution in [0.5, 0.6) is 5.75 Å². The first-order valence-corrected chi connectivity index (χ1v) is 13.3. The summed E-state index contributed by atoms with van der Waals surface area (Å²) >= 11 is 0. The summed E-state index contributed by atoms with van der Waals surface area (Å²) in [5, 5.41) is 10.3. The molecule has 1 unspecified atom stereocenters. The van der Waals surface area contributed by atoms with E-state index in [4.69, 9.17) is 18.3 Å². The zero-order valence-corrected chi connectivity index (χ0v) is 22.7. The molecule has 14 heteroatoms. The molecule has 0 spiro atoms. The van der Waals surface area contributed by atoms with Crippen LogP contribution in [0, 0.1) is 11.6 Å². The van der Waals surface area contributed by atoms with E-state index in [1.54, 1.807) is 11.1 Å². The highest BCUT2D eigenvalue weighted by atomic mass is 31.2. The van der Waals surface area contributed by atoms with E-state index in [-0.39, 0.29) is 11.3 Å². The molecule has 38 heavy (non-hydrogen) atoms. The summed E-state index contributed by atoms with van der Waals surface area (Å²) in [5.74, 6) is -4.74. The summed E-state index contributed by atoms with van der Waals surface area (Å²) in [4.78, 5) is 25.0. The lowest BCUT2D eigenvalue weighted by Gasteiger charge is -2.34. The van der Waals surface area contributed by atoms with Gasteiger partial charge in [0.1, 0.15) is 24.3 Å². The number of aromatic nitrogens is 2. The van der Waals surface area contributed by atoms with Gasteiger partial charge in [-0.3, -0.25) is 23.4 Å². The zero-order chi connectivity index (χ0) is 28.4. The number of hydrogen-bond donors (Lipinski definition) is 2. The van der Waals surface area contributed by atoms with E-state index in [1.165, 1.54) is 0 Å². The monoisotopic (exact) mass is 562 g/mol. The Morgan fingerprint density at radius 3 is 2.42 bits per heavy atom. The van der Waals surface area contributed by atoms with Gasteiger partial charge >= 0.3 is 13.5 Å². The number of phosphoric acid groups is 1. The average molecular weight is 562 g/mol. The topological polar surface area (TPSA) is 129 Å². The number of H-pyrrole nitrogens is 1. The number of aliphatic hydroxyl groups is 1. The minimum absolute atomic E-state index is 0.0222. The maximum Gasteiger partial charge on any atom is 0.530 e. The number of aromatic amines is 1. The third kappa shape index (κ3) is 5.35. The van der Waals surface area contributed by atoms with Crippen LogP contribution in [-0.2, 0) is 35.8 Å². The van der Waals surface area contributed by atoms with E-state index in [0.717, 1.165) is 0 Å². The predicted molar refractivity (Wildman–Crippen MR) is 129 cm³/mol. The first-order valence-electron chi connectivity index (χ1n) is 11.8. The first-order chi connectivity index (χ1) is 17.3. The Balaban J connectivity index is 1.58. The second-order valence-electron chi connectivity index (χ2n) is 11.5. The van der Waals surface area contributed by atoms with Crippen molar-refractivity contribution in [2.45, 2.75) is 83.6 Å². The SMILES string of the molecule is CC(C)(C)c1cc(C(C)(C)C)c2c(c1F)COP(=O)(OC[C@]1(F)C[C@@H](O)[C@H](n3cc(F)c(=O)[nH]c3=O)O1)O2. The van der Waals surface area contributed by atoms with Gasteiger partial charge < -0.3 is 14.4 Å². The Hall–Kier alpha value is -2.44. The number of hydrogen-bond acceptors (Lipinski definition) is 8. The van der Waals surface area contributed by atoms with E-state index in [0.29, 0.717) is 21.9 Å². The van der Waals surface area contributed by atoms with E-state index < -0.39 is 79.4 Å². The Morgan fingerprint density at radius 2 is 1.82 bits per heavy atom. The van der Waals surface area contributed by atoms with E-state index in [2.05, 4.69) is 0 Å². The zero-order valence-electron chi connectivity index (χ0n) is 21.8. The fraction of sp³-hybridized carbons (Fsp3) is 0.583. The van der Waals surface area contributed by atoms with Crippen molar-refractivity contribution in [3.8, 4) is 5.75 Å². The van der Waals surface area contributed by atoms with Gasteiger partial charge in [-0.25, -0.2) is 18.1 Å². The number of ether oxygens (including phenoxy) is 1. The molecule has 0 radical (unpaired) electrons. The molecule has 2 N–H and O–H groups in total. The molecule has 1 saturated heterocycles. The Kier molecular flexibility index (Phi) is 7.02. The summed E-state index contributed by atoms with van der Waals surface area (Å²) < 4.78 is 79.5. The van der Waals surface area contributed by atoms with Gasteiger partial charge in [0.15, 0.2) is 6.23 Å². The first kappa shape index (κ1) is 28.6. The number of nitrogens with zero attached hydrogens (tertiary/aromatic N) is 1. The van der Waals surface area contributed by atoms with Crippen LogP contribution in [0.25, 0.3) is 0 Å². The molecule has 2 aliphatic heterocycles. The quantitative estimate of drug-likeness (QED) is 0.534. The van der Waals surface area contributed by atoms with Crippen molar-refractivity contribution in [1.82, 2.24) is 9.55 Å². The molecule has 0 amide bonds. The normalized spacial score (nSPS) is 27.7. The molecule has 1 aromatic heterocycles. The molecule has 4 atom stereocenters. The van der Waals surface area contributed by atoms with Crippen LogP contribution in [-0.4, -0.2) is 33.2 Å². The molecule has 10 nitrogen and oxygen atoms in total. The molecule has 0 bridgehead atoms. The third-order valence-electron chi connectivity index (χ3n) is 6.31. The summed E-state index contributed by atoms with van der Waals surface area (Å²) in [7, 11) is -4.49. The number of halogens is 3. The van der Waals surface area contributed by atoms with Gasteiger partial charge in [-0.15, -0.1) is 0 Å². The lowest BCUT2D eigenvalue weighted by Crippen LogP contribution is -2.37. The smallest absolute Gasteiger partial charge is 0.403 e. The maximum atomic E-state index is 15.5. The molecule has 0 saturated carbocycles. The van der Waals surface area contributed by atoms with Gasteiger partial charge in [0.2, 0.25) is 11.7 Å². The molecule has 2 aromatic rings. The Bertz CT molecular complexity index is 1430. The minimum atomic E-state index is -4.49. The van der Waals surface area contributed by atoms with Crippen LogP contribution >= 0.6 is 7.82 Å². The van der Waals surface area contributed by atoms with E-state index in [1.807, 2.05) is 41.5 Å². The van der Waals surface area contributed by atoms with Gasteiger partial charge in [-0.05, 0) is 22.5 Å². The van der Waals surface area contributed by atoms with Gasteiger partial charge in [0.05, 0.1) is 18.4 Å². The molecule has 1 aromatic carbocycles. The van der Waals surface area contributed by atoms with Gasteiger partial charge in [0.25, 0.3) is 5.56 Å². The number of phosphoric ester groups is 1. The second-order valence-corrected chi connectivity index (χ2v) is 13.1. The second kappa shape index (κ2) is 9.34. The number of aliphatic hydroxyl groups excluding tert-OH is 1. The molecule has 3 heterocycles. The highest BCUT2D eigenvalue weighted by molar-refractivity contribution is 7.49. The summed E-state index contributed by atoms with van der Waals surface area (Å²) in [5.41, 5.74) is -2.52. The van der Waals surface area contributed by atoms with Crippen LogP contribution in [0.15, 0.2) is 21.9 Å². The molecule has 2 aliphatic rings. The van der Waals surface area contributed by atoms with Crippen molar-refractivity contribution in [2.75, 3.05) is 6.61 Å². The highest BCUT2D eigenvalue weighted by Gasteiger charge is 2.51. The minimum Gasteiger partial charge on any atom is -0.403 e. The third-order valence-corrected chi connectivity index (χ3v) is 7.60. The number of benzene rings is 1. The lowest BCUT2D eigenvalue weighted by atomic mass is 9.78. The van der Waals surface area contributed by atoms with Crippen molar-refractivity contribution >= 4 is 7.82 Å². The van der Waals surface area contributed by atoms with Crippen molar-refractivity contribution in [3.63, 3.8) is 0 Å². The van der Waals surface area contributed by atoms with Gasteiger partial charge in [-0.2, -0.15) is 4.39 Å².